The Hall–Kier alpha value is -0.710. The van der Waals surface area contributed by atoms with E-state index in [1.807, 2.05) is 22.7 Å². The quantitative estimate of drug-likeness (QED) is 0.804. The first-order chi connectivity index (χ1) is 9.65. The molecule has 0 aliphatic rings. The molecule has 1 unspecified atom stereocenters. The number of thiazole rings is 1. The summed E-state index contributed by atoms with van der Waals surface area (Å²) in [4.78, 5) is 7.54. The lowest BCUT2D eigenvalue weighted by Gasteiger charge is -2.17. The van der Waals surface area contributed by atoms with Gasteiger partial charge in [-0.3, -0.25) is 0 Å². The first-order valence-electron chi connectivity index (χ1n) is 7.38. The van der Waals surface area contributed by atoms with E-state index in [0.717, 1.165) is 19.4 Å². The number of nitrogens with one attached hydrogen (secondary N) is 1. The second-order valence-corrected chi connectivity index (χ2v) is 7.36. The zero-order valence-corrected chi connectivity index (χ0v) is 14.5. The van der Waals surface area contributed by atoms with Crippen molar-refractivity contribution in [2.24, 2.45) is 0 Å². The van der Waals surface area contributed by atoms with E-state index in [1.165, 1.54) is 32.4 Å². The Labute approximate surface area is 130 Å². The van der Waals surface area contributed by atoms with E-state index >= 15 is 0 Å². The number of rotatable bonds is 7. The normalized spacial score (nSPS) is 12.8. The highest BCUT2D eigenvalue weighted by Gasteiger charge is 2.18. The van der Waals surface area contributed by atoms with Crippen molar-refractivity contribution in [2.45, 2.75) is 53.0 Å². The van der Waals surface area contributed by atoms with Crippen molar-refractivity contribution in [3.8, 4) is 0 Å². The molecule has 0 aliphatic heterocycles. The molecule has 1 atom stereocenters. The smallest absolute Gasteiger partial charge is 0.0950 e. The second kappa shape index (κ2) is 7.34. The summed E-state index contributed by atoms with van der Waals surface area (Å²) in [7, 11) is 0. The second-order valence-electron chi connectivity index (χ2n) is 5.12. The van der Waals surface area contributed by atoms with Crippen molar-refractivity contribution in [3.63, 3.8) is 0 Å². The van der Waals surface area contributed by atoms with Crippen molar-refractivity contribution < 1.29 is 0 Å². The summed E-state index contributed by atoms with van der Waals surface area (Å²) < 4.78 is 0. The van der Waals surface area contributed by atoms with Crippen LogP contribution in [-0.4, -0.2) is 11.5 Å². The van der Waals surface area contributed by atoms with E-state index in [4.69, 9.17) is 4.98 Å². The van der Waals surface area contributed by atoms with Gasteiger partial charge in [0.2, 0.25) is 0 Å². The van der Waals surface area contributed by atoms with Crippen LogP contribution in [-0.2, 0) is 12.8 Å². The van der Waals surface area contributed by atoms with E-state index < -0.39 is 0 Å². The Morgan fingerprint density at radius 3 is 2.70 bits per heavy atom. The van der Waals surface area contributed by atoms with Gasteiger partial charge in [0.15, 0.2) is 0 Å². The number of nitrogens with zero attached hydrogens (tertiary/aromatic N) is 1. The number of thiophene rings is 1. The maximum absolute atomic E-state index is 4.71. The SMILES string of the molecule is CCCNC(Cc1nc(C)c(C)s1)c1sccc1CC. The number of aryl methyl sites for hydroxylation is 3. The topological polar surface area (TPSA) is 24.9 Å². The lowest BCUT2D eigenvalue weighted by atomic mass is 10.1. The molecule has 0 fully saturated rings. The average Bonchev–Trinajstić information content (AvgIpc) is 3.02. The van der Waals surface area contributed by atoms with E-state index in [9.17, 15) is 0 Å². The van der Waals surface area contributed by atoms with Crippen LogP contribution >= 0.6 is 22.7 Å². The Balaban J connectivity index is 2.19. The van der Waals surface area contributed by atoms with Gasteiger partial charge in [0.05, 0.1) is 10.7 Å². The Morgan fingerprint density at radius 1 is 1.30 bits per heavy atom. The Bertz CT molecular complexity index is 523. The monoisotopic (exact) mass is 308 g/mol. The standard InChI is InChI=1S/C16H24N2S2/c1-5-8-17-14(16-13(6-2)7-9-19-16)10-15-18-11(3)12(4)20-15/h7,9,14,17H,5-6,8,10H2,1-4H3. The van der Waals surface area contributed by atoms with Crippen LogP contribution in [0, 0.1) is 13.8 Å². The first-order valence-corrected chi connectivity index (χ1v) is 9.07. The molecule has 2 heterocycles. The lowest BCUT2D eigenvalue weighted by molar-refractivity contribution is 0.532. The maximum atomic E-state index is 4.71. The van der Waals surface area contributed by atoms with Gasteiger partial charge in [-0.25, -0.2) is 4.98 Å². The fourth-order valence-corrected chi connectivity index (χ4v) is 4.38. The molecule has 1 N–H and O–H groups in total. The van der Waals surface area contributed by atoms with Gasteiger partial charge in [0.25, 0.3) is 0 Å². The largest absolute Gasteiger partial charge is 0.309 e. The molecule has 110 valence electrons. The first kappa shape index (κ1) is 15.7. The van der Waals surface area contributed by atoms with Crippen molar-refractivity contribution in [2.75, 3.05) is 6.54 Å². The van der Waals surface area contributed by atoms with Crippen LogP contribution in [0.5, 0.6) is 0 Å². The van der Waals surface area contributed by atoms with E-state index in [2.05, 4.69) is 44.5 Å². The van der Waals surface area contributed by atoms with Crippen molar-refractivity contribution in [1.82, 2.24) is 10.3 Å². The summed E-state index contributed by atoms with van der Waals surface area (Å²) in [6.07, 6.45) is 3.28. The molecule has 0 saturated heterocycles. The summed E-state index contributed by atoms with van der Waals surface area (Å²) in [5, 5.41) is 7.17. The average molecular weight is 309 g/mol. The van der Waals surface area contributed by atoms with Gasteiger partial charge < -0.3 is 5.32 Å². The molecule has 4 heteroatoms. The van der Waals surface area contributed by atoms with Crippen LogP contribution in [0.25, 0.3) is 0 Å². The minimum Gasteiger partial charge on any atom is -0.309 e. The van der Waals surface area contributed by atoms with Crippen LogP contribution in [0.2, 0.25) is 0 Å². The Morgan fingerprint density at radius 2 is 2.10 bits per heavy atom. The van der Waals surface area contributed by atoms with Gasteiger partial charge in [-0.15, -0.1) is 22.7 Å². The molecule has 0 bridgehead atoms. The molecule has 0 saturated carbocycles. The minimum absolute atomic E-state index is 0.412. The highest BCUT2D eigenvalue weighted by atomic mass is 32.1. The molecule has 20 heavy (non-hydrogen) atoms. The highest BCUT2D eigenvalue weighted by molar-refractivity contribution is 7.11. The van der Waals surface area contributed by atoms with Crippen LogP contribution in [0.15, 0.2) is 11.4 Å². The zero-order chi connectivity index (χ0) is 14.5. The molecule has 0 amide bonds. The summed E-state index contributed by atoms with van der Waals surface area (Å²) in [5.41, 5.74) is 2.66. The van der Waals surface area contributed by atoms with Crippen molar-refractivity contribution >= 4 is 22.7 Å². The molecule has 2 nitrogen and oxygen atoms in total. The minimum atomic E-state index is 0.412. The van der Waals surface area contributed by atoms with Gasteiger partial charge in [-0.1, -0.05) is 13.8 Å². The predicted octanol–water partition coefficient (Wildman–Crippen LogP) is 4.67. The molecule has 0 radical (unpaired) electrons. The van der Waals surface area contributed by atoms with E-state index in [1.54, 1.807) is 0 Å². The van der Waals surface area contributed by atoms with Gasteiger partial charge in [-0.2, -0.15) is 0 Å². The van der Waals surface area contributed by atoms with E-state index in [-0.39, 0.29) is 0 Å². The lowest BCUT2D eigenvalue weighted by Crippen LogP contribution is -2.24. The summed E-state index contributed by atoms with van der Waals surface area (Å²) in [5.74, 6) is 0. The Kier molecular flexibility index (Phi) is 5.75. The van der Waals surface area contributed by atoms with Gasteiger partial charge in [-0.05, 0) is 50.2 Å². The summed E-state index contributed by atoms with van der Waals surface area (Å²) >= 11 is 3.72. The van der Waals surface area contributed by atoms with Crippen molar-refractivity contribution in [3.05, 3.63) is 37.5 Å². The summed E-state index contributed by atoms with van der Waals surface area (Å²) in [6.45, 7) is 9.78. The third kappa shape index (κ3) is 3.68. The van der Waals surface area contributed by atoms with Crippen LogP contribution in [0.1, 0.15) is 52.3 Å². The third-order valence-electron chi connectivity index (χ3n) is 3.57. The summed E-state index contributed by atoms with van der Waals surface area (Å²) in [6, 6.07) is 2.67. The molecule has 0 aromatic carbocycles. The molecular weight excluding hydrogens is 284 g/mol. The number of hydrogen-bond acceptors (Lipinski definition) is 4. The molecule has 0 aliphatic carbocycles. The third-order valence-corrected chi connectivity index (χ3v) is 5.74. The van der Waals surface area contributed by atoms with Crippen LogP contribution in [0.4, 0.5) is 0 Å². The van der Waals surface area contributed by atoms with Gasteiger partial charge >= 0.3 is 0 Å². The fraction of sp³-hybridized carbons (Fsp3) is 0.562. The van der Waals surface area contributed by atoms with Crippen LogP contribution < -0.4 is 5.32 Å². The van der Waals surface area contributed by atoms with Gasteiger partial charge in [0, 0.05) is 22.2 Å². The number of hydrogen-bond donors (Lipinski definition) is 1. The fourth-order valence-electron chi connectivity index (χ4n) is 2.32. The molecule has 2 aromatic rings. The van der Waals surface area contributed by atoms with E-state index in [0.29, 0.717) is 6.04 Å². The number of aromatic nitrogens is 1. The molecular formula is C16H24N2S2. The molecule has 2 aromatic heterocycles. The predicted molar refractivity (Wildman–Crippen MR) is 90.0 cm³/mol. The molecule has 0 spiro atoms. The maximum Gasteiger partial charge on any atom is 0.0950 e. The van der Waals surface area contributed by atoms with Gasteiger partial charge in [0.1, 0.15) is 0 Å². The highest BCUT2D eigenvalue weighted by Crippen LogP contribution is 2.29. The molecule has 2 rings (SSSR count). The van der Waals surface area contributed by atoms with Crippen molar-refractivity contribution in [1.29, 1.82) is 0 Å². The zero-order valence-electron chi connectivity index (χ0n) is 12.8. The van der Waals surface area contributed by atoms with Crippen LogP contribution in [0.3, 0.4) is 0 Å².